The van der Waals surface area contributed by atoms with Crippen molar-refractivity contribution in [1.82, 2.24) is 10.6 Å². The number of hydrogen-bond donors (Lipinski definition) is 2. The van der Waals surface area contributed by atoms with Crippen LogP contribution in [0.5, 0.6) is 0 Å². The summed E-state index contributed by atoms with van der Waals surface area (Å²) in [5.74, 6) is 0.220. The summed E-state index contributed by atoms with van der Waals surface area (Å²) in [6, 6.07) is 7.65. The first-order chi connectivity index (χ1) is 10.2. The first-order valence-electron chi connectivity index (χ1n) is 8.01. The van der Waals surface area contributed by atoms with Crippen LogP contribution in [-0.2, 0) is 17.6 Å². The lowest BCUT2D eigenvalue weighted by Crippen LogP contribution is -2.35. The molecule has 0 spiro atoms. The number of carbonyl (C=O) groups excluding carboxylic acids is 1. The molecule has 2 aliphatic carbocycles. The number of aryl methyl sites for hydroxylation is 1. The number of nitrogens with one attached hydrogen (secondary N) is 2. The molecule has 114 valence electrons. The minimum Gasteiger partial charge on any atom is -0.353 e. The molecule has 3 rings (SSSR count). The van der Waals surface area contributed by atoms with Gasteiger partial charge in [0.25, 0.3) is 0 Å². The molecule has 1 atom stereocenters. The highest BCUT2D eigenvalue weighted by Crippen LogP contribution is 2.24. The molecule has 2 N–H and O–H groups in total. The second-order valence-corrected chi connectivity index (χ2v) is 7.17. The van der Waals surface area contributed by atoms with E-state index in [0.29, 0.717) is 18.5 Å². The summed E-state index contributed by atoms with van der Waals surface area (Å²) in [6.45, 7) is 0.939. The second kappa shape index (κ2) is 6.93. The first-order valence-corrected chi connectivity index (χ1v) is 8.80. The predicted molar refractivity (Wildman–Crippen MR) is 88.4 cm³/mol. The number of carbonyl (C=O) groups is 1. The van der Waals surface area contributed by atoms with E-state index in [1.165, 1.54) is 34.9 Å². The lowest BCUT2D eigenvalue weighted by atomic mass is 9.88. The maximum atomic E-state index is 11.6. The zero-order valence-electron chi connectivity index (χ0n) is 12.3. The van der Waals surface area contributed by atoms with Crippen LogP contribution >= 0.6 is 15.9 Å². The summed E-state index contributed by atoms with van der Waals surface area (Å²) in [5.41, 5.74) is 2.94. The Labute approximate surface area is 135 Å². The predicted octanol–water partition coefficient (Wildman–Crippen LogP) is 2.95. The van der Waals surface area contributed by atoms with E-state index in [1.54, 1.807) is 0 Å². The molecule has 1 aromatic rings. The number of halogens is 1. The van der Waals surface area contributed by atoms with Crippen LogP contribution in [0.3, 0.4) is 0 Å². The molecule has 1 fully saturated rings. The lowest BCUT2D eigenvalue weighted by Gasteiger charge is -2.25. The smallest absolute Gasteiger partial charge is 0.220 e. The molecule has 0 aromatic heterocycles. The van der Waals surface area contributed by atoms with Gasteiger partial charge in [-0.25, -0.2) is 0 Å². The summed E-state index contributed by atoms with van der Waals surface area (Å²) < 4.78 is 1.18. The number of rotatable bonds is 6. The summed E-state index contributed by atoms with van der Waals surface area (Å²) >= 11 is 3.54. The molecule has 0 saturated heterocycles. The Morgan fingerprint density at radius 2 is 2.05 bits per heavy atom. The van der Waals surface area contributed by atoms with Gasteiger partial charge in [-0.2, -0.15) is 0 Å². The summed E-state index contributed by atoms with van der Waals surface area (Å²) in [4.78, 5) is 11.6. The van der Waals surface area contributed by atoms with Crippen LogP contribution < -0.4 is 10.6 Å². The monoisotopic (exact) mass is 350 g/mol. The Hall–Kier alpha value is -0.870. The fraction of sp³-hybridized carbons (Fsp3) is 0.588. The van der Waals surface area contributed by atoms with Crippen molar-refractivity contribution in [2.45, 2.75) is 57.0 Å². The van der Waals surface area contributed by atoms with Gasteiger partial charge in [-0.15, -0.1) is 0 Å². The summed E-state index contributed by atoms with van der Waals surface area (Å²) in [5, 5.41) is 6.65. The van der Waals surface area contributed by atoms with Crippen molar-refractivity contribution in [3.63, 3.8) is 0 Å². The third kappa shape index (κ3) is 4.55. The van der Waals surface area contributed by atoms with E-state index in [-0.39, 0.29) is 5.91 Å². The zero-order chi connectivity index (χ0) is 14.7. The average molecular weight is 351 g/mol. The Morgan fingerprint density at radius 1 is 1.19 bits per heavy atom. The second-order valence-electron chi connectivity index (χ2n) is 6.25. The van der Waals surface area contributed by atoms with E-state index in [0.717, 1.165) is 25.8 Å². The van der Waals surface area contributed by atoms with Crippen LogP contribution in [0, 0.1) is 0 Å². The van der Waals surface area contributed by atoms with Gasteiger partial charge in [0.1, 0.15) is 0 Å². The maximum Gasteiger partial charge on any atom is 0.220 e. The van der Waals surface area contributed by atoms with Crippen molar-refractivity contribution in [3.05, 3.63) is 33.8 Å². The molecule has 21 heavy (non-hydrogen) atoms. The van der Waals surface area contributed by atoms with Crippen molar-refractivity contribution in [2.75, 3.05) is 6.54 Å². The number of amides is 1. The van der Waals surface area contributed by atoms with Gasteiger partial charge in [-0.05, 0) is 68.3 Å². The highest BCUT2D eigenvalue weighted by molar-refractivity contribution is 9.10. The van der Waals surface area contributed by atoms with E-state index in [4.69, 9.17) is 0 Å². The fourth-order valence-corrected chi connectivity index (χ4v) is 3.39. The Balaban J connectivity index is 1.36. The zero-order valence-corrected chi connectivity index (χ0v) is 13.9. The Morgan fingerprint density at radius 3 is 2.86 bits per heavy atom. The fourth-order valence-electron chi connectivity index (χ4n) is 2.98. The minimum atomic E-state index is 0.220. The van der Waals surface area contributed by atoms with Crippen LogP contribution in [0.2, 0.25) is 0 Å². The maximum absolute atomic E-state index is 11.6. The van der Waals surface area contributed by atoms with Gasteiger partial charge in [0, 0.05) is 23.0 Å². The van der Waals surface area contributed by atoms with Crippen molar-refractivity contribution in [3.8, 4) is 0 Å². The van der Waals surface area contributed by atoms with Crippen molar-refractivity contribution >= 4 is 21.8 Å². The van der Waals surface area contributed by atoms with E-state index < -0.39 is 0 Å². The molecule has 1 unspecified atom stereocenters. The van der Waals surface area contributed by atoms with Gasteiger partial charge >= 0.3 is 0 Å². The van der Waals surface area contributed by atoms with Gasteiger partial charge in [0.05, 0.1) is 0 Å². The van der Waals surface area contributed by atoms with Crippen LogP contribution in [0.25, 0.3) is 0 Å². The molecule has 0 heterocycles. The van der Waals surface area contributed by atoms with Gasteiger partial charge in [-0.1, -0.05) is 22.0 Å². The topological polar surface area (TPSA) is 41.1 Å². The molecular formula is C17H23BrN2O. The minimum absolute atomic E-state index is 0.220. The van der Waals surface area contributed by atoms with Crippen LogP contribution in [0.4, 0.5) is 0 Å². The molecule has 4 heteroatoms. The van der Waals surface area contributed by atoms with Crippen LogP contribution in [0.15, 0.2) is 22.7 Å². The summed E-state index contributed by atoms with van der Waals surface area (Å²) in [7, 11) is 0. The third-order valence-electron chi connectivity index (χ3n) is 4.35. The van der Waals surface area contributed by atoms with E-state index in [9.17, 15) is 4.79 Å². The highest BCUT2D eigenvalue weighted by atomic mass is 79.9. The van der Waals surface area contributed by atoms with Gasteiger partial charge in [-0.3, -0.25) is 4.79 Å². The molecule has 0 radical (unpaired) electrons. The van der Waals surface area contributed by atoms with E-state index in [2.05, 4.69) is 44.8 Å². The Kier molecular flexibility index (Phi) is 4.96. The van der Waals surface area contributed by atoms with Crippen LogP contribution in [0.1, 0.15) is 43.2 Å². The first kappa shape index (κ1) is 15.0. The lowest BCUT2D eigenvalue weighted by molar-refractivity contribution is -0.121. The third-order valence-corrected chi connectivity index (χ3v) is 4.85. The van der Waals surface area contributed by atoms with Crippen molar-refractivity contribution in [2.24, 2.45) is 0 Å². The summed E-state index contributed by atoms with van der Waals surface area (Å²) in [6.07, 6.45) is 7.37. The molecule has 0 bridgehead atoms. The molecular weight excluding hydrogens is 328 g/mol. The highest BCUT2D eigenvalue weighted by Gasteiger charge is 2.23. The number of fused-ring (bicyclic) bond motifs is 1. The SMILES string of the molecule is O=C(CCCNC1CCc2cc(Br)ccc2C1)NC1CC1. The standard InChI is InChI=1S/C17H23BrN2O/c18-14-5-3-13-11-16(6-4-12(13)10-14)19-9-1-2-17(21)20-15-7-8-15/h3,5,10,15-16,19H,1-2,4,6-9,11H2,(H,20,21). The van der Waals surface area contributed by atoms with Crippen LogP contribution in [-0.4, -0.2) is 24.5 Å². The quantitative estimate of drug-likeness (QED) is 0.774. The Bertz CT molecular complexity index is 514. The molecule has 1 saturated carbocycles. The van der Waals surface area contributed by atoms with Gasteiger partial charge in [0.15, 0.2) is 0 Å². The normalized spacial score (nSPS) is 20.9. The average Bonchev–Trinajstić information content (AvgIpc) is 3.27. The molecule has 3 nitrogen and oxygen atoms in total. The van der Waals surface area contributed by atoms with E-state index >= 15 is 0 Å². The molecule has 1 amide bonds. The molecule has 2 aliphatic rings. The van der Waals surface area contributed by atoms with Crippen molar-refractivity contribution < 1.29 is 4.79 Å². The van der Waals surface area contributed by atoms with E-state index in [1.807, 2.05) is 0 Å². The largest absolute Gasteiger partial charge is 0.353 e. The number of hydrogen-bond acceptors (Lipinski definition) is 2. The van der Waals surface area contributed by atoms with Gasteiger partial charge < -0.3 is 10.6 Å². The van der Waals surface area contributed by atoms with Crippen molar-refractivity contribution in [1.29, 1.82) is 0 Å². The molecule has 0 aliphatic heterocycles. The molecule has 1 aromatic carbocycles. The number of benzene rings is 1. The van der Waals surface area contributed by atoms with Gasteiger partial charge in [0.2, 0.25) is 5.91 Å².